The number of amidine groups is 1. The van der Waals surface area contributed by atoms with Crippen LogP contribution in [0.3, 0.4) is 0 Å². The molecule has 1 aliphatic rings. The van der Waals surface area contributed by atoms with Gasteiger partial charge >= 0.3 is 0 Å². The molecule has 0 aliphatic carbocycles. The molecule has 1 aliphatic heterocycles. The maximum absolute atomic E-state index is 11.8. The molecule has 6 nitrogen and oxygen atoms in total. The van der Waals surface area contributed by atoms with Gasteiger partial charge in [-0.2, -0.15) is 5.10 Å². The van der Waals surface area contributed by atoms with Crippen molar-refractivity contribution in [1.29, 1.82) is 0 Å². The summed E-state index contributed by atoms with van der Waals surface area (Å²) in [5, 5.41) is 8.10. The SMILES string of the molecule is COCCN=C1NN=C(c2ccc(NC(=O)CC(C)C)cc2)CS1. The molecule has 0 fully saturated rings. The Morgan fingerprint density at radius 2 is 2.17 bits per heavy atom. The van der Waals surface area contributed by atoms with Crippen LogP contribution in [0.25, 0.3) is 0 Å². The highest BCUT2D eigenvalue weighted by Gasteiger charge is 2.13. The topological polar surface area (TPSA) is 75.1 Å². The summed E-state index contributed by atoms with van der Waals surface area (Å²) < 4.78 is 4.97. The van der Waals surface area contributed by atoms with Crippen molar-refractivity contribution in [3.05, 3.63) is 29.8 Å². The monoisotopic (exact) mass is 348 g/mol. The van der Waals surface area contributed by atoms with Crippen LogP contribution < -0.4 is 10.7 Å². The molecule has 0 spiro atoms. The molecule has 0 saturated carbocycles. The van der Waals surface area contributed by atoms with Crippen LogP contribution in [0.5, 0.6) is 0 Å². The van der Waals surface area contributed by atoms with Gasteiger partial charge in [-0.05, 0) is 23.6 Å². The molecule has 1 amide bonds. The summed E-state index contributed by atoms with van der Waals surface area (Å²) in [4.78, 5) is 16.1. The molecule has 1 aromatic carbocycles. The number of thioether (sulfide) groups is 1. The van der Waals surface area contributed by atoms with Crippen LogP contribution >= 0.6 is 11.8 Å². The third-order valence-electron chi connectivity index (χ3n) is 3.28. The maximum atomic E-state index is 11.8. The second kappa shape index (κ2) is 9.44. The maximum Gasteiger partial charge on any atom is 0.224 e. The number of rotatable bonds is 7. The highest BCUT2D eigenvalue weighted by atomic mass is 32.2. The van der Waals surface area contributed by atoms with Crippen molar-refractivity contribution in [2.45, 2.75) is 20.3 Å². The molecular formula is C17H24N4O2S. The fourth-order valence-electron chi connectivity index (χ4n) is 2.11. The molecule has 0 atom stereocenters. The standard InChI is InChI=1S/C17H24N4O2S/c1-12(2)10-16(22)19-14-6-4-13(5-7-14)15-11-24-17(21-20-15)18-8-9-23-3/h4-7,12H,8-11H2,1-3H3,(H,18,21)(H,19,22). The Balaban J connectivity index is 1.92. The zero-order chi connectivity index (χ0) is 17.4. The molecule has 24 heavy (non-hydrogen) atoms. The summed E-state index contributed by atoms with van der Waals surface area (Å²) in [5.74, 6) is 1.16. The van der Waals surface area contributed by atoms with Crippen LogP contribution in [0.1, 0.15) is 25.8 Å². The second-order valence-corrected chi connectivity index (χ2v) is 6.83. The number of carbonyl (C=O) groups excluding carboxylic acids is 1. The van der Waals surface area contributed by atoms with E-state index in [4.69, 9.17) is 4.74 Å². The Bertz CT molecular complexity index is 612. The average Bonchev–Trinajstić information content (AvgIpc) is 2.56. The lowest BCUT2D eigenvalue weighted by molar-refractivity contribution is -0.116. The number of nitrogens with one attached hydrogen (secondary N) is 2. The average molecular weight is 348 g/mol. The fraction of sp³-hybridized carbons (Fsp3) is 0.471. The lowest BCUT2D eigenvalue weighted by Gasteiger charge is -2.15. The molecule has 1 aromatic rings. The summed E-state index contributed by atoms with van der Waals surface area (Å²) in [5.41, 5.74) is 5.78. The van der Waals surface area contributed by atoms with Crippen molar-refractivity contribution in [1.82, 2.24) is 5.43 Å². The number of amides is 1. The zero-order valence-electron chi connectivity index (χ0n) is 14.3. The first kappa shape index (κ1) is 18.5. The zero-order valence-corrected chi connectivity index (χ0v) is 15.2. The number of benzene rings is 1. The first-order valence-corrected chi connectivity index (χ1v) is 8.96. The van der Waals surface area contributed by atoms with Crippen molar-refractivity contribution in [2.24, 2.45) is 16.0 Å². The van der Waals surface area contributed by atoms with Gasteiger partial charge in [-0.3, -0.25) is 15.2 Å². The minimum atomic E-state index is 0.0434. The van der Waals surface area contributed by atoms with Gasteiger partial charge in [0.1, 0.15) is 0 Å². The minimum Gasteiger partial charge on any atom is -0.383 e. The first-order valence-electron chi connectivity index (χ1n) is 7.97. The van der Waals surface area contributed by atoms with Gasteiger partial charge < -0.3 is 10.1 Å². The first-order chi connectivity index (χ1) is 11.6. The van der Waals surface area contributed by atoms with E-state index >= 15 is 0 Å². The Kier molecular flexibility index (Phi) is 7.27. The molecule has 2 N–H and O–H groups in total. The number of carbonyl (C=O) groups is 1. The number of ether oxygens (including phenoxy) is 1. The lowest BCUT2D eigenvalue weighted by Crippen LogP contribution is -2.25. The number of aliphatic imine (C=N–C) groups is 1. The molecule has 0 saturated heterocycles. The molecule has 0 unspecified atom stereocenters. The van der Waals surface area contributed by atoms with E-state index in [1.165, 1.54) is 0 Å². The van der Waals surface area contributed by atoms with Gasteiger partial charge in [0, 0.05) is 25.0 Å². The number of hydrogen-bond acceptors (Lipinski definition) is 5. The highest BCUT2D eigenvalue weighted by Crippen LogP contribution is 2.16. The molecule has 1 heterocycles. The molecule has 130 valence electrons. The van der Waals surface area contributed by atoms with Crippen LogP contribution in [0, 0.1) is 5.92 Å². The largest absolute Gasteiger partial charge is 0.383 e. The van der Waals surface area contributed by atoms with E-state index in [0.717, 1.165) is 27.9 Å². The van der Waals surface area contributed by atoms with Crippen molar-refractivity contribution in [3.8, 4) is 0 Å². The fourth-order valence-corrected chi connectivity index (χ4v) is 2.91. The molecule has 7 heteroatoms. The van der Waals surface area contributed by atoms with Gasteiger partial charge in [0.25, 0.3) is 0 Å². The Labute approximate surface area is 147 Å². The van der Waals surface area contributed by atoms with Gasteiger partial charge in [-0.1, -0.05) is 37.7 Å². The summed E-state index contributed by atoms with van der Waals surface area (Å²) in [6.45, 7) is 5.29. The predicted molar refractivity (Wildman–Crippen MR) is 101 cm³/mol. The number of methoxy groups -OCH3 is 1. The van der Waals surface area contributed by atoms with E-state index < -0.39 is 0 Å². The number of hydrazone groups is 1. The third-order valence-corrected chi connectivity index (χ3v) is 4.19. The molecule has 0 aromatic heterocycles. The van der Waals surface area contributed by atoms with E-state index in [9.17, 15) is 4.79 Å². The van der Waals surface area contributed by atoms with Gasteiger partial charge in [0.05, 0.1) is 18.9 Å². The van der Waals surface area contributed by atoms with E-state index in [1.807, 2.05) is 38.1 Å². The van der Waals surface area contributed by atoms with E-state index in [-0.39, 0.29) is 5.91 Å². The van der Waals surface area contributed by atoms with Gasteiger partial charge in [-0.15, -0.1) is 0 Å². The van der Waals surface area contributed by atoms with E-state index in [2.05, 4.69) is 20.8 Å². The van der Waals surface area contributed by atoms with E-state index in [1.54, 1.807) is 18.9 Å². The highest BCUT2D eigenvalue weighted by molar-refractivity contribution is 8.14. The number of anilines is 1. The van der Waals surface area contributed by atoms with Crippen molar-refractivity contribution >= 4 is 34.2 Å². The van der Waals surface area contributed by atoms with Crippen LogP contribution in [-0.4, -0.2) is 42.8 Å². The summed E-state index contributed by atoms with van der Waals surface area (Å²) in [6.07, 6.45) is 0.528. The second-order valence-electron chi connectivity index (χ2n) is 5.86. The van der Waals surface area contributed by atoms with Crippen LogP contribution in [0.15, 0.2) is 34.4 Å². The van der Waals surface area contributed by atoms with Crippen LogP contribution in [0.4, 0.5) is 5.69 Å². The summed E-state index contributed by atoms with van der Waals surface area (Å²) in [6, 6.07) is 7.75. The van der Waals surface area contributed by atoms with Gasteiger partial charge in [0.15, 0.2) is 5.17 Å². The van der Waals surface area contributed by atoms with Crippen molar-refractivity contribution < 1.29 is 9.53 Å². The Hall–Kier alpha value is -1.86. The summed E-state index contributed by atoms with van der Waals surface area (Å²) in [7, 11) is 1.66. The van der Waals surface area contributed by atoms with Gasteiger partial charge in [0.2, 0.25) is 5.91 Å². The Morgan fingerprint density at radius 3 is 2.75 bits per heavy atom. The molecule has 2 rings (SSSR count). The number of nitrogens with zero attached hydrogens (tertiary/aromatic N) is 2. The predicted octanol–water partition coefficient (Wildman–Crippen LogP) is 2.71. The van der Waals surface area contributed by atoms with Crippen molar-refractivity contribution in [2.75, 3.05) is 31.3 Å². The van der Waals surface area contributed by atoms with Gasteiger partial charge in [-0.25, -0.2) is 0 Å². The smallest absolute Gasteiger partial charge is 0.224 e. The van der Waals surface area contributed by atoms with Crippen molar-refractivity contribution in [3.63, 3.8) is 0 Å². The van der Waals surface area contributed by atoms with Crippen LogP contribution in [0.2, 0.25) is 0 Å². The van der Waals surface area contributed by atoms with E-state index in [0.29, 0.717) is 25.5 Å². The molecular weight excluding hydrogens is 324 g/mol. The molecule has 0 radical (unpaired) electrons. The number of hydrogen-bond donors (Lipinski definition) is 2. The normalized spacial score (nSPS) is 16.0. The van der Waals surface area contributed by atoms with Crippen LogP contribution in [-0.2, 0) is 9.53 Å². The lowest BCUT2D eigenvalue weighted by atomic mass is 10.1. The Morgan fingerprint density at radius 1 is 1.42 bits per heavy atom. The quantitative estimate of drug-likeness (QED) is 0.743. The summed E-state index contributed by atoms with van der Waals surface area (Å²) >= 11 is 1.62. The third kappa shape index (κ3) is 5.98. The minimum absolute atomic E-state index is 0.0434. The molecule has 0 bridgehead atoms.